The van der Waals surface area contributed by atoms with Crippen LogP contribution in [0.15, 0.2) is 88.9 Å². The number of ether oxygens (including phenoxy) is 1. The van der Waals surface area contributed by atoms with Crippen LogP contribution in [0.2, 0.25) is 0 Å². The fraction of sp³-hybridized carbons (Fsp3) is 0.0417. The number of hydrogen-bond acceptors (Lipinski definition) is 8. The average Bonchev–Trinajstić information content (AvgIpc) is 3.34. The Balaban J connectivity index is 1.63. The normalized spacial score (nSPS) is 11.4. The van der Waals surface area contributed by atoms with E-state index in [0.29, 0.717) is 22.7 Å². The second-order valence-corrected chi connectivity index (χ2v) is 9.20. The molecule has 0 saturated carbocycles. The van der Waals surface area contributed by atoms with E-state index >= 15 is 0 Å². The van der Waals surface area contributed by atoms with Gasteiger partial charge in [0.05, 0.1) is 34.5 Å². The number of methoxy groups -OCH3 is 1. The van der Waals surface area contributed by atoms with Gasteiger partial charge >= 0.3 is 0 Å². The van der Waals surface area contributed by atoms with E-state index in [4.69, 9.17) is 9.88 Å². The van der Waals surface area contributed by atoms with E-state index in [0.717, 1.165) is 5.56 Å². The van der Waals surface area contributed by atoms with Crippen molar-refractivity contribution in [2.45, 2.75) is 4.90 Å². The van der Waals surface area contributed by atoms with Crippen LogP contribution >= 0.6 is 0 Å². The van der Waals surface area contributed by atoms with Gasteiger partial charge in [0.25, 0.3) is 11.6 Å². The van der Waals surface area contributed by atoms with Crippen LogP contribution in [-0.4, -0.2) is 42.4 Å². The van der Waals surface area contributed by atoms with Crippen molar-refractivity contribution >= 4 is 27.8 Å². The van der Waals surface area contributed by atoms with Crippen LogP contribution in [0.1, 0.15) is 16.1 Å². The zero-order valence-electron chi connectivity index (χ0n) is 19.3. The molecular formula is C24H20N6O6S. The van der Waals surface area contributed by atoms with Gasteiger partial charge in [-0.25, -0.2) is 23.7 Å². The molecule has 0 bridgehead atoms. The molecule has 0 unspecified atom stereocenters. The molecule has 37 heavy (non-hydrogen) atoms. The Morgan fingerprint density at radius 2 is 1.73 bits per heavy atom. The van der Waals surface area contributed by atoms with E-state index in [9.17, 15) is 23.3 Å². The molecule has 1 heterocycles. The Morgan fingerprint density at radius 3 is 2.30 bits per heavy atom. The van der Waals surface area contributed by atoms with E-state index in [1.54, 1.807) is 37.4 Å². The van der Waals surface area contributed by atoms with E-state index in [2.05, 4.69) is 15.6 Å². The predicted molar refractivity (Wildman–Crippen MR) is 135 cm³/mol. The van der Waals surface area contributed by atoms with E-state index in [1.807, 2.05) is 0 Å². The number of nitrogens with two attached hydrogens (primary N) is 1. The van der Waals surface area contributed by atoms with Gasteiger partial charge < -0.3 is 4.74 Å². The van der Waals surface area contributed by atoms with Crippen molar-refractivity contribution in [3.05, 3.63) is 100 Å². The molecule has 0 aliphatic heterocycles. The van der Waals surface area contributed by atoms with Crippen molar-refractivity contribution in [1.29, 1.82) is 0 Å². The molecule has 0 saturated heterocycles. The Labute approximate surface area is 211 Å². The van der Waals surface area contributed by atoms with Crippen LogP contribution in [0.25, 0.3) is 16.9 Å². The number of hydrazone groups is 1. The molecule has 1 amide bonds. The van der Waals surface area contributed by atoms with Crippen molar-refractivity contribution in [3.63, 3.8) is 0 Å². The SMILES string of the molecule is COc1ccc(-c2cc(C(=O)N/N=C/c3ccc([N+](=O)[O-])cc3)nn2-c2ccc(S(N)(=O)=O)cc2)cc1. The quantitative estimate of drug-likeness (QED) is 0.204. The average molecular weight is 521 g/mol. The fourth-order valence-corrected chi connectivity index (χ4v) is 3.85. The fourth-order valence-electron chi connectivity index (χ4n) is 3.34. The Morgan fingerprint density at radius 1 is 1.08 bits per heavy atom. The summed E-state index contributed by atoms with van der Waals surface area (Å²) in [6.07, 6.45) is 1.34. The maximum Gasteiger partial charge on any atom is 0.291 e. The first kappa shape index (κ1) is 25.2. The summed E-state index contributed by atoms with van der Waals surface area (Å²) in [6.45, 7) is 0. The molecule has 188 valence electrons. The third-order valence-electron chi connectivity index (χ3n) is 5.22. The molecule has 4 aromatic rings. The van der Waals surface area contributed by atoms with Gasteiger partial charge in [-0.3, -0.25) is 14.9 Å². The zero-order chi connectivity index (χ0) is 26.6. The highest BCUT2D eigenvalue weighted by Gasteiger charge is 2.17. The number of non-ortho nitro benzene ring substituents is 1. The highest BCUT2D eigenvalue weighted by molar-refractivity contribution is 7.89. The van der Waals surface area contributed by atoms with Gasteiger partial charge in [0.2, 0.25) is 10.0 Å². The highest BCUT2D eigenvalue weighted by Crippen LogP contribution is 2.26. The molecule has 0 aliphatic carbocycles. The number of amides is 1. The molecule has 13 heteroatoms. The summed E-state index contributed by atoms with van der Waals surface area (Å²) in [5.74, 6) is 0.0405. The smallest absolute Gasteiger partial charge is 0.291 e. The second kappa shape index (κ2) is 10.4. The number of nitro groups is 1. The molecule has 4 rings (SSSR count). The third kappa shape index (κ3) is 5.86. The molecular weight excluding hydrogens is 500 g/mol. The largest absolute Gasteiger partial charge is 0.497 e. The number of carbonyl (C=O) groups excluding carboxylic acids is 1. The lowest BCUT2D eigenvalue weighted by Gasteiger charge is -2.09. The lowest BCUT2D eigenvalue weighted by atomic mass is 10.1. The summed E-state index contributed by atoms with van der Waals surface area (Å²) in [4.78, 5) is 23.0. The summed E-state index contributed by atoms with van der Waals surface area (Å²) < 4.78 is 29.9. The summed E-state index contributed by atoms with van der Waals surface area (Å²) >= 11 is 0. The summed E-state index contributed by atoms with van der Waals surface area (Å²) in [6, 6.07) is 20.0. The number of nitrogens with one attached hydrogen (secondary N) is 1. The molecule has 0 aliphatic rings. The maximum absolute atomic E-state index is 12.8. The molecule has 0 radical (unpaired) electrons. The molecule has 1 aromatic heterocycles. The predicted octanol–water partition coefficient (Wildman–Crippen LogP) is 2.87. The Hall–Kier alpha value is -4.88. The molecule has 3 aromatic carbocycles. The summed E-state index contributed by atoms with van der Waals surface area (Å²) in [5, 5.41) is 24.2. The van der Waals surface area contributed by atoms with Crippen LogP contribution in [0.5, 0.6) is 5.75 Å². The molecule has 0 fully saturated rings. The highest BCUT2D eigenvalue weighted by atomic mass is 32.2. The van der Waals surface area contributed by atoms with Gasteiger partial charge in [-0.15, -0.1) is 0 Å². The van der Waals surface area contributed by atoms with Crippen molar-refractivity contribution < 1.29 is 22.9 Å². The van der Waals surface area contributed by atoms with Gasteiger partial charge in [0.1, 0.15) is 5.75 Å². The minimum absolute atomic E-state index is 0.0437. The first-order valence-electron chi connectivity index (χ1n) is 10.6. The number of benzene rings is 3. The van der Waals surface area contributed by atoms with Crippen molar-refractivity contribution in [2.24, 2.45) is 10.2 Å². The molecule has 12 nitrogen and oxygen atoms in total. The number of nitro benzene ring substituents is 1. The summed E-state index contributed by atoms with van der Waals surface area (Å²) in [7, 11) is -2.33. The van der Waals surface area contributed by atoms with Gasteiger partial charge in [0.15, 0.2) is 5.69 Å². The van der Waals surface area contributed by atoms with E-state index < -0.39 is 20.9 Å². The minimum Gasteiger partial charge on any atom is -0.497 e. The van der Waals surface area contributed by atoms with Crippen LogP contribution in [0, 0.1) is 10.1 Å². The standard InChI is InChI=1S/C24H20N6O6S/c1-36-20-10-4-17(5-11-20)23-14-22(28-29(23)18-8-12-21(13-9-18)37(25,34)35)24(31)27-26-15-16-2-6-19(7-3-16)30(32)33/h2-15H,1H3,(H,27,31)(H2,25,34,35)/b26-15+. The number of carbonyl (C=O) groups is 1. The van der Waals surface area contributed by atoms with Crippen molar-refractivity contribution in [1.82, 2.24) is 15.2 Å². The first-order valence-corrected chi connectivity index (χ1v) is 12.2. The lowest BCUT2D eigenvalue weighted by Crippen LogP contribution is -2.18. The molecule has 0 atom stereocenters. The lowest BCUT2D eigenvalue weighted by molar-refractivity contribution is -0.384. The Kier molecular flexibility index (Phi) is 7.08. The maximum atomic E-state index is 12.8. The van der Waals surface area contributed by atoms with Gasteiger partial charge in [0, 0.05) is 17.7 Å². The number of aromatic nitrogens is 2. The molecule has 3 N–H and O–H groups in total. The Bertz CT molecular complexity index is 1580. The van der Waals surface area contributed by atoms with Gasteiger partial charge in [-0.05, 0) is 72.3 Å². The van der Waals surface area contributed by atoms with Gasteiger partial charge in [-0.1, -0.05) is 0 Å². The minimum atomic E-state index is -3.88. The zero-order valence-corrected chi connectivity index (χ0v) is 20.1. The number of rotatable bonds is 8. The second-order valence-electron chi connectivity index (χ2n) is 7.64. The van der Waals surface area contributed by atoms with Crippen LogP contribution in [0.4, 0.5) is 5.69 Å². The van der Waals surface area contributed by atoms with Crippen LogP contribution in [-0.2, 0) is 10.0 Å². The number of hydrogen-bond donors (Lipinski definition) is 2. The first-order chi connectivity index (χ1) is 17.7. The third-order valence-corrected chi connectivity index (χ3v) is 6.15. The van der Waals surface area contributed by atoms with Gasteiger partial charge in [-0.2, -0.15) is 10.2 Å². The van der Waals surface area contributed by atoms with Crippen LogP contribution in [0.3, 0.4) is 0 Å². The number of primary sulfonamides is 1. The number of nitrogens with zero attached hydrogens (tertiary/aromatic N) is 4. The van der Waals surface area contributed by atoms with Crippen molar-refractivity contribution in [2.75, 3.05) is 7.11 Å². The van der Waals surface area contributed by atoms with E-state index in [-0.39, 0.29) is 16.3 Å². The summed E-state index contributed by atoms with van der Waals surface area (Å²) in [5.41, 5.74) is 4.67. The monoisotopic (exact) mass is 520 g/mol. The van der Waals surface area contributed by atoms with E-state index in [1.165, 1.54) is 59.4 Å². The number of sulfonamides is 1. The topological polar surface area (TPSA) is 172 Å². The van der Waals surface area contributed by atoms with Crippen LogP contribution < -0.4 is 15.3 Å². The van der Waals surface area contributed by atoms with Crippen molar-refractivity contribution in [3.8, 4) is 22.7 Å². The molecule has 0 spiro atoms.